The minimum absolute atomic E-state index is 0.624. The minimum atomic E-state index is 0.624. The van der Waals surface area contributed by atoms with Crippen LogP contribution in [0.25, 0.3) is 21.1 Å². The summed E-state index contributed by atoms with van der Waals surface area (Å²) < 4.78 is 5.60. The Hall–Kier alpha value is -3.61. The van der Waals surface area contributed by atoms with E-state index in [1.807, 2.05) is 30.0 Å². The summed E-state index contributed by atoms with van der Waals surface area (Å²) >= 11 is 3.41. The van der Waals surface area contributed by atoms with Crippen LogP contribution >= 0.6 is 23.1 Å². The van der Waals surface area contributed by atoms with Crippen LogP contribution < -0.4 is 9.64 Å². The number of thiazole rings is 1. The maximum Gasteiger partial charge on any atom is 0.232 e. The molecule has 0 spiro atoms. The lowest BCUT2D eigenvalue weighted by Crippen LogP contribution is -2.14. The van der Waals surface area contributed by atoms with Crippen LogP contribution in [0.4, 0.5) is 17.1 Å². The van der Waals surface area contributed by atoms with Crippen LogP contribution in [0.5, 0.6) is 5.88 Å². The molecule has 3 aromatic carbocycles. The lowest BCUT2D eigenvalue weighted by atomic mass is 10.1. The molecule has 0 unspecified atom stereocenters. The van der Waals surface area contributed by atoms with Crippen molar-refractivity contribution in [3.8, 4) is 27.0 Å². The van der Waals surface area contributed by atoms with Crippen LogP contribution in [0.1, 0.15) is 0 Å². The molecular weight excluding hydrogens is 446 g/mol. The Morgan fingerprint density at radius 3 is 2.06 bits per heavy atom. The maximum absolute atomic E-state index is 5.60. The fraction of sp³-hybridized carbons (Fsp3) is 0.0370. The third kappa shape index (κ3) is 3.57. The average Bonchev–Trinajstić information content (AvgIpc) is 3.32. The summed E-state index contributed by atoms with van der Waals surface area (Å²) in [5.41, 5.74) is 5.43. The highest BCUT2D eigenvalue weighted by atomic mass is 32.2. The Bertz CT molecular complexity index is 1390. The van der Waals surface area contributed by atoms with Crippen LogP contribution in [-0.2, 0) is 0 Å². The Morgan fingerprint density at radius 1 is 0.758 bits per heavy atom. The van der Waals surface area contributed by atoms with Gasteiger partial charge >= 0.3 is 0 Å². The van der Waals surface area contributed by atoms with Crippen molar-refractivity contribution >= 4 is 40.2 Å². The number of hydrogen-bond acceptors (Lipinski definition) is 6. The molecule has 2 aromatic heterocycles. The van der Waals surface area contributed by atoms with Crippen molar-refractivity contribution in [1.82, 2.24) is 9.97 Å². The van der Waals surface area contributed by atoms with E-state index in [-0.39, 0.29) is 0 Å². The molecule has 0 bridgehead atoms. The van der Waals surface area contributed by atoms with Crippen LogP contribution in [0.3, 0.4) is 0 Å². The number of para-hydroxylation sites is 2. The molecule has 33 heavy (non-hydrogen) atoms. The van der Waals surface area contributed by atoms with E-state index in [4.69, 9.17) is 4.74 Å². The first-order valence-corrected chi connectivity index (χ1v) is 12.2. The van der Waals surface area contributed by atoms with E-state index in [0.29, 0.717) is 5.88 Å². The van der Waals surface area contributed by atoms with Gasteiger partial charge in [0.05, 0.1) is 29.1 Å². The number of rotatable bonds is 4. The molecule has 160 valence electrons. The third-order valence-electron chi connectivity index (χ3n) is 5.49. The quantitative estimate of drug-likeness (QED) is 0.265. The van der Waals surface area contributed by atoms with Gasteiger partial charge < -0.3 is 9.64 Å². The van der Waals surface area contributed by atoms with Crippen molar-refractivity contribution in [2.75, 3.05) is 12.0 Å². The summed E-state index contributed by atoms with van der Waals surface area (Å²) in [6, 6.07) is 31.5. The van der Waals surface area contributed by atoms with E-state index in [1.54, 1.807) is 24.6 Å². The van der Waals surface area contributed by atoms with E-state index < -0.39 is 0 Å². The molecule has 1 aliphatic heterocycles. The van der Waals surface area contributed by atoms with Crippen molar-refractivity contribution < 1.29 is 4.74 Å². The van der Waals surface area contributed by atoms with Gasteiger partial charge in [-0.25, -0.2) is 0 Å². The van der Waals surface area contributed by atoms with Gasteiger partial charge in [0, 0.05) is 21.7 Å². The van der Waals surface area contributed by atoms with Crippen LogP contribution in [0.15, 0.2) is 107 Å². The second kappa shape index (κ2) is 8.39. The van der Waals surface area contributed by atoms with Crippen molar-refractivity contribution in [2.45, 2.75) is 9.79 Å². The van der Waals surface area contributed by atoms with E-state index in [0.717, 1.165) is 26.8 Å². The van der Waals surface area contributed by atoms with Gasteiger partial charge in [-0.2, -0.15) is 4.98 Å². The lowest BCUT2D eigenvalue weighted by molar-refractivity contribution is 0.402. The van der Waals surface area contributed by atoms with Gasteiger partial charge in [-0.1, -0.05) is 54.2 Å². The summed E-state index contributed by atoms with van der Waals surface area (Å²) in [6.45, 7) is 0. The van der Waals surface area contributed by atoms with Crippen LogP contribution in [0.2, 0.25) is 0 Å². The summed E-state index contributed by atoms with van der Waals surface area (Å²) in [6.07, 6.45) is 1.78. The van der Waals surface area contributed by atoms with Crippen molar-refractivity contribution in [3.63, 3.8) is 0 Å². The maximum atomic E-state index is 5.60. The number of anilines is 3. The Balaban J connectivity index is 1.41. The Morgan fingerprint density at radius 2 is 1.42 bits per heavy atom. The van der Waals surface area contributed by atoms with Crippen molar-refractivity contribution in [1.29, 1.82) is 0 Å². The second-order valence-electron chi connectivity index (χ2n) is 7.49. The first-order chi connectivity index (χ1) is 16.3. The number of nitrogens with zero attached hydrogens (tertiary/aromatic N) is 3. The number of aromatic nitrogens is 2. The number of ether oxygens (including phenoxy) is 1. The summed E-state index contributed by atoms with van der Waals surface area (Å²) in [7, 11) is 1.66. The molecule has 0 saturated carbocycles. The van der Waals surface area contributed by atoms with E-state index in [1.165, 1.54) is 21.2 Å². The highest BCUT2D eigenvalue weighted by Gasteiger charge is 2.24. The van der Waals surface area contributed by atoms with E-state index >= 15 is 0 Å². The highest BCUT2D eigenvalue weighted by molar-refractivity contribution is 7.99. The van der Waals surface area contributed by atoms with Gasteiger partial charge in [0.1, 0.15) is 5.01 Å². The molecule has 3 heterocycles. The zero-order valence-electron chi connectivity index (χ0n) is 17.8. The number of methoxy groups -OCH3 is 1. The predicted molar refractivity (Wildman–Crippen MR) is 136 cm³/mol. The fourth-order valence-corrected chi connectivity index (χ4v) is 6.05. The number of benzene rings is 3. The smallest absolute Gasteiger partial charge is 0.232 e. The van der Waals surface area contributed by atoms with Gasteiger partial charge in [0.25, 0.3) is 0 Å². The summed E-state index contributed by atoms with van der Waals surface area (Å²) in [5.74, 6) is 0.624. The molecule has 0 fully saturated rings. The van der Waals surface area contributed by atoms with Crippen molar-refractivity contribution in [2.24, 2.45) is 0 Å². The Kier molecular flexibility index (Phi) is 5.09. The van der Waals surface area contributed by atoms with Gasteiger partial charge in [-0.3, -0.25) is 4.98 Å². The largest absolute Gasteiger partial charge is 0.480 e. The van der Waals surface area contributed by atoms with Crippen molar-refractivity contribution in [3.05, 3.63) is 97.2 Å². The SMILES string of the molecule is COc1nc(-c2ccccn2)sc1-c1ccc(N2c3ccccc3Sc3ccccc32)cc1. The zero-order chi connectivity index (χ0) is 22.2. The van der Waals surface area contributed by atoms with E-state index in [9.17, 15) is 0 Å². The molecule has 4 nitrogen and oxygen atoms in total. The highest BCUT2D eigenvalue weighted by Crippen LogP contribution is 2.51. The van der Waals surface area contributed by atoms with Gasteiger partial charge in [0.2, 0.25) is 5.88 Å². The molecule has 0 saturated heterocycles. The number of hydrogen-bond donors (Lipinski definition) is 0. The van der Waals surface area contributed by atoms with Crippen LogP contribution in [0, 0.1) is 0 Å². The van der Waals surface area contributed by atoms with Crippen LogP contribution in [-0.4, -0.2) is 17.1 Å². The summed E-state index contributed by atoms with van der Waals surface area (Å²) in [4.78, 5) is 14.9. The zero-order valence-corrected chi connectivity index (χ0v) is 19.4. The molecule has 0 amide bonds. The fourth-order valence-electron chi connectivity index (χ4n) is 3.97. The third-order valence-corrected chi connectivity index (χ3v) is 7.73. The van der Waals surface area contributed by atoms with Gasteiger partial charge in [-0.05, 0) is 54.1 Å². The lowest BCUT2D eigenvalue weighted by Gasteiger charge is -2.32. The standard InChI is InChI=1S/C27H19N3OS2/c1-31-26-25(33-27(29-26)20-8-6-7-17-28-20)18-13-15-19(16-14-18)30-21-9-2-4-11-23(21)32-24-12-5-3-10-22(24)30/h2-17H,1H3. The Labute approximate surface area is 200 Å². The monoisotopic (exact) mass is 465 g/mol. The second-order valence-corrected chi connectivity index (χ2v) is 9.58. The summed E-state index contributed by atoms with van der Waals surface area (Å²) in [5, 5.41) is 0.849. The molecule has 1 aliphatic rings. The number of fused-ring (bicyclic) bond motifs is 2. The minimum Gasteiger partial charge on any atom is -0.480 e. The molecule has 0 atom stereocenters. The molecular formula is C27H19N3OS2. The van der Waals surface area contributed by atoms with Gasteiger partial charge in [-0.15, -0.1) is 11.3 Å². The number of pyridine rings is 1. The van der Waals surface area contributed by atoms with E-state index in [2.05, 4.69) is 87.7 Å². The molecule has 6 heteroatoms. The molecule has 0 radical (unpaired) electrons. The van der Waals surface area contributed by atoms with Gasteiger partial charge in [0.15, 0.2) is 0 Å². The molecule has 6 rings (SSSR count). The molecule has 0 N–H and O–H groups in total. The normalized spacial score (nSPS) is 12.2. The molecule has 5 aromatic rings. The topological polar surface area (TPSA) is 38.3 Å². The first-order valence-electron chi connectivity index (χ1n) is 10.5. The molecule has 0 aliphatic carbocycles. The predicted octanol–water partition coefficient (Wildman–Crippen LogP) is 7.82. The first kappa shape index (κ1) is 20.0. The average molecular weight is 466 g/mol.